The van der Waals surface area contributed by atoms with Gasteiger partial charge in [-0.2, -0.15) is 0 Å². The first-order valence-corrected chi connectivity index (χ1v) is 19.1. The molecule has 0 bridgehead atoms. The van der Waals surface area contributed by atoms with Crippen molar-refractivity contribution in [1.82, 2.24) is 0 Å². The SMILES string of the molecule is [2H]c1cc([2H])c2ccccc2c1-c1ccc2oc3cccc(-c4ccc5c(c4)cc(-c4c6ccccc6c(-c6c([2H])c([2H])c([2H])c([2H])c6[2H])c6ccccc46)c4ccccc45)c3c2c1. The average molecular weight is 730 g/mol. The van der Waals surface area contributed by atoms with Crippen molar-refractivity contribution in [3.8, 4) is 44.5 Å². The third-order valence-corrected chi connectivity index (χ3v) is 11.5. The molecule has 1 heterocycles. The molecule has 0 aliphatic rings. The van der Waals surface area contributed by atoms with Gasteiger partial charge in [-0.15, -0.1) is 0 Å². The molecule has 0 saturated carbocycles. The van der Waals surface area contributed by atoms with Gasteiger partial charge in [0.05, 0.1) is 9.60 Å². The molecule has 264 valence electrons. The lowest BCUT2D eigenvalue weighted by atomic mass is 9.83. The Morgan fingerprint density at radius 3 is 1.74 bits per heavy atom. The summed E-state index contributed by atoms with van der Waals surface area (Å²) >= 11 is 0. The van der Waals surface area contributed by atoms with E-state index in [9.17, 15) is 0 Å². The summed E-state index contributed by atoms with van der Waals surface area (Å²) in [5.74, 6) is 0. The van der Waals surface area contributed by atoms with Gasteiger partial charge in [0.1, 0.15) is 11.2 Å². The fourth-order valence-electron chi connectivity index (χ4n) is 9.10. The summed E-state index contributed by atoms with van der Waals surface area (Å²) in [5.41, 5.74) is 8.04. The van der Waals surface area contributed by atoms with Gasteiger partial charge in [0, 0.05) is 10.8 Å². The Balaban J connectivity index is 1.11. The Hall–Kier alpha value is -7.48. The second-order valence-corrected chi connectivity index (χ2v) is 14.6. The van der Waals surface area contributed by atoms with Gasteiger partial charge in [-0.3, -0.25) is 0 Å². The van der Waals surface area contributed by atoms with Gasteiger partial charge in [-0.1, -0.05) is 176 Å². The molecule has 0 N–H and O–H groups in total. The zero-order valence-corrected chi connectivity index (χ0v) is 30.5. The Bertz CT molecular complexity index is 3910. The molecule has 1 aromatic heterocycles. The van der Waals surface area contributed by atoms with Crippen molar-refractivity contribution in [3.63, 3.8) is 0 Å². The monoisotopic (exact) mass is 729 g/mol. The number of rotatable bonds is 4. The molecule has 1 heteroatoms. The Morgan fingerprint density at radius 1 is 0.316 bits per heavy atom. The van der Waals surface area contributed by atoms with E-state index in [1.807, 2.05) is 84.9 Å². The summed E-state index contributed by atoms with van der Waals surface area (Å²) in [7, 11) is 0. The third kappa shape index (κ3) is 4.89. The number of furan rings is 1. The van der Waals surface area contributed by atoms with Crippen molar-refractivity contribution in [2.45, 2.75) is 0 Å². The van der Waals surface area contributed by atoms with Crippen LogP contribution in [-0.2, 0) is 0 Å². The molecule has 0 unspecified atom stereocenters. The van der Waals surface area contributed by atoms with Crippen LogP contribution in [0.1, 0.15) is 9.60 Å². The molecule has 0 radical (unpaired) electrons. The minimum Gasteiger partial charge on any atom is -0.456 e. The molecular formula is C56H34O. The molecule has 0 spiro atoms. The van der Waals surface area contributed by atoms with Crippen molar-refractivity contribution < 1.29 is 14.0 Å². The fraction of sp³-hybridized carbons (Fsp3) is 0. The van der Waals surface area contributed by atoms with Gasteiger partial charge in [-0.25, -0.2) is 0 Å². The molecule has 12 aromatic rings. The fourth-order valence-corrected chi connectivity index (χ4v) is 9.10. The van der Waals surface area contributed by atoms with Gasteiger partial charge in [0.25, 0.3) is 0 Å². The smallest absolute Gasteiger partial charge is 0.136 e. The van der Waals surface area contributed by atoms with Crippen molar-refractivity contribution in [2.75, 3.05) is 0 Å². The molecule has 0 aliphatic heterocycles. The van der Waals surface area contributed by atoms with E-state index in [4.69, 9.17) is 14.0 Å². The van der Waals surface area contributed by atoms with Crippen LogP contribution in [-0.4, -0.2) is 0 Å². The number of benzene rings is 11. The van der Waals surface area contributed by atoms with Crippen LogP contribution in [0.5, 0.6) is 0 Å². The quantitative estimate of drug-likeness (QED) is 0.130. The van der Waals surface area contributed by atoms with Crippen LogP contribution >= 0.6 is 0 Å². The molecule has 0 amide bonds. The van der Waals surface area contributed by atoms with Crippen LogP contribution in [0.25, 0.3) is 120 Å². The molecule has 0 fully saturated rings. The first kappa shape index (κ1) is 25.6. The predicted octanol–water partition coefficient (Wildman–Crippen LogP) is 16.0. The summed E-state index contributed by atoms with van der Waals surface area (Å²) in [5, 5.41) is 11.3. The lowest BCUT2D eigenvalue weighted by Crippen LogP contribution is -1.92. The maximum atomic E-state index is 9.02. The number of hydrogen-bond acceptors (Lipinski definition) is 1. The first-order chi connectivity index (χ1) is 31.2. The van der Waals surface area contributed by atoms with E-state index in [0.29, 0.717) is 17.6 Å². The Kier molecular flexibility index (Phi) is 5.62. The van der Waals surface area contributed by atoms with Gasteiger partial charge in [0.15, 0.2) is 0 Å². The van der Waals surface area contributed by atoms with Gasteiger partial charge in [-0.05, 0) is 129 Å². The van der Waals surface area contributed by atoms with E-state index in [2.05, 4.69) is 72.8 Å². The molecular weight excluding hydrogens is 689 g/mol. The third-order valence-electron chi connectivity index (χ3n) is 11.5. The van der Waals surface area contributed by atoms with Crippen LogP contribution in [0, 0.1) is 0 Å². The summed E-state index contributed by atoms with van der Waals surface area (Å²) in [6.07, 6.45) is 0. The zero-order chi connectivity index (χ0) is 43.5. The van der Waals surface area contributed by atoms with Crippen molar-refractivity contribution in [2.24, 2.45) is 0 Å². The van der Waals surface area contributed by atoms with E-state index >= 15 is 0 Å². The lowest BCUT2D eigenvalue weighted by Gasteiger charge is -2.19. The normalized spacial score (nSPS) is 13.6. The first-order valence-electron chi connectivity index (χ1n) is 22.6. The van der Waals surface area contributed by atoms with Crippen molar-refractivity contribution in [1.29, 1.82) is 0 Å². The molecule has 0 saturated heterocycles. The molecule has 0 atom stereocenters. The summed E-state index contributed by atoms with van der Waals surface area (Å²) in [6.45, 7) is 0. The standard InChI is InChI=1S/C56H34O/c1-2-15-36(16-3-1)54-46-21-8-10-23-48(46)55(49-24-11-9-22-47(49)54)50-34-39-32-37(28-30-42(39)44-19-6-7-20-45(44)50)43-26-13-27-53-56(43)51-33-38(29-31-52(51)57-53)41-25-12-17-35-14-4-5-18-40(35)41/h1-34H/i1D,2D,3D,15D,16D,17D,25D. The summed E-state index contributed by atoms with van der Waals surface area (Å²) in [6, 6.07) is 54.0. The molecule has 12 rings (SSSR count). The van der Waals surface area contributed by atoms with Gasteiger partial charge < -0.3 is 4.42 Å². The second-order valence-electron chi connectivity index (χ2n) is 14.6. The molecule has 0 aliphatic carbocycles. The number of hydrogen-bond donors (Lipinski definition) is 0. The predicted molar refractivity (Wildman–Crippen MR) is 243 cm³/mol. The largest absolute Gasteiger partial charge is 0.456 e. The molecule has 11 aromatic carbocycles. The highest BCUT2D eigenvalue weighted by molar-refractivity contribution is 6.26. The van der Waals surface area contributed by atoms with Crippen molar-refractivity contribution >= 4 is 75.8 Å². The topological polar surface area (TPSA) is 13.1 Å². The highest BCUT2D eigenvalue weighted by atomic mass is 16.3. The van der Waals surface area contributed by atoms with E-state index in [1.54, 1.807) is 6.07 Å². The van der Waals surface area contributed by atoms with E-state index < -0.39 is 6.04 Å². The van der Waals surface area contributed by atoms with E-state index in [0.717, 1.165) is 109 Å². The highest BCUT2D eigenvalue weighted by Gasteiger charge is 2.20. The lowest BCUT2D eigenvalue weighted by molar-refractivity contribution is 0.669. The maximum absolute atomic E-state index is 9.02. The van der Waals surface area contributed by atoms with Crippen LogP contribution in [0.4, 0.5) is 0 Å². The number of fused-ring (bicyclic) bond motifs is 9. The van der Waals surface area contributed by atoms with Crippen LogP contribution in [0.2, 0.25) is 0 Å². The minimum absolute atomic E-state index is 0.185. The van der Waals surface area contributed by atoms with Crippen LogP contribution < -0.4 is 0 Å². The molecule has 1 nitrogen and oxygen atoms in total. The average Bonchev–Trinajstić information content (AvgIpc) is 3.70. The summed E-state index contributed by atoms with van der Waals surface area (Å²) in [4.78, 5) is 0. The summed E-state index contributed by atoms with van der Waals surface area (Å²) < 4.78 is 67.5. The van der Waals surface area contributed by atoms with Gasteiger partial charge in [0.2, 0.25) is 0 Å². The second kappa shape index (κ2) is 12.5. The highest BCUT2D eigenvalue weighted by Crippen LogP contribution is 2.47. The van der Waals surface area contributed by atoms with Gasteiger partial charge >= 0.3 is 0 Å². The van der Waals surface area contributed by atoms with Crippen molar-refractivity contribution in [3.05, 3.63) is 206 Å². The van der Waals surface area contributed by atoms with Crippen LogP contribution in [0.15, 0.2) is 211 Å². The van der Waals surface area contributed by atoms with Crippen LogP contribution in [0.3, 0.4) is 0 Å². The van der Waals surface area contributed by atoms with E-state index in [-0.39, 0.29) is 29.7 Å². The molecule has 57 heavy (non-hydrogen) atoms. The van der Waals surface area contributed by atoms with E-state index in [1.165, 1.54) is 0 Å². The Labute approximate surface area is 339 Å². The Morgan fingerprint density at radius 2 is 0.965 bits per heavy atom. The minimum atomic E-state index is -0.416. The zero-order valence-electron chi connectivity index (χ0n) is 37.5. The maximum Gasteiger partial charge on any atom is 0.136 e.